The topological polar surface area (TPSA) is 92.2 Å². The highest BCUT2D eigenvalue weighted by Crippen LogP contribution is 2.38. The van der Waals surface area contributed by atoms with E-state index >= 15 is 0 Å². The summed E-state index contributed by atoms with van der Waals surface area (Å²) in [5.41, 5.74) is 4.69. The predicted octanol–water partition coefficient (Wildman–Crippen LogP) is 6.62. The first kappa shape index (κ1) is 26.9. The number of rotatable bonds is 9. The number of aliphatic hydroxyl groups excluding tert-OH is 1. The van der Waals surface area contributed by atoms with Crippen molar-refractivity contribution in [2.45, 2.75) is 44.8 Å². The predicted molar refractivity (Wildman–Crippen MR) is 163 cm³/mol. The van der Waals surface area contributed by atoms with Crippen LogP contribution in [0.2, 0.25) is 0 Å². The van der Waals surface area contributed by atoms with E-state index in [1.54, 1.807) is 12.4 Å². The van der Waals surface area contributed by atoms with E-state index in [9.17, 15) is 5.11 Å². The molecule has 0 amide bonds. The van der Waals surface area contributed by atoms with E-state index in [1.807, 2.05) is 55.5 Å². The van der Waals surface area contributed by atoms with Gasteiger partial charge in [-0.3, -0.25) is 0 Å². The Morgan fingerprint density at radius 2 is 1.85 bits per heavy atom. The van der Waals surface area contributed by atoms with Crippen molar-refractivity contribution in [2.75, 3.05) is 18.4 Å². The Bertz CT molecular complexity index is 1620. The van der Waals surface area contributed by atoms with Gasteiger partial charge in [0.05, 0.1) is 17.4 Å². The number of anilines is 1. The average Bonchev–Trinajstić information content (AvgIpc) is 3.02. The number of hydrogen-bond donors (Lipinski definition) is 3. The summed E-state index contributed by atoms with van der Waals surface area (Å²) < 4.78 is 6.60. The van der Waals surface area contributed by atoms with Crippen LogP contribution in [0.3, 0.4) is 0 Å². The van der Waals surface area contributed by atoms with Gasteiger partial charge in [0.1, 0.15) is 5.75 Å². The molecular weight excluding hydrogens is 510 g/mol. The highest BCUT2D eigenvalue weighted by Gasteiger charge is 2.18. The van der Waals surface area contributed by atoms with Crippen molar-refractivity contribution in [1.82, 2.24) is 20.3 Å². The molecule has 1 aliphatic heterocycles. The van der Waals surface area contributed by atoms with Crippen molar-refractivity contribution >= 4 is 16.7 Å². The normalized spacial score (nSPS) is 15.9. The molecule has 0 saturated carbocycles. The number of benzene rings is 3. The molecule has 0 bridgehead atoms. The number of nitrogens with zero attached hydrogens (tertiary/aromatic N) is 3. The van der Waals surface area contributed by atoms with Crippen LogP contribution in [0.1, 0.15) is 42.1 Å². The van der Waals surface area contributed by atoms with Gasteiger partial charge >= 0.3 is 0 Å². The minimum atomic E-state index is -0.509. The van der Waals surface area contributed by atoms with Gasteiger partial charge < -0.3 is 20.5 Å². The number of pyridine rings is 1. The molecule has 3 heterocycles. The van der Waals surface area contributed by atoms with Gasteiger partial charge in [-0.1, -0.05) is 60.7 Å². The van der Waals surface area contributed by atoms with E-state index in [-0.39, 0.29) is 0 Å². The fraction of sp³-hybridized carbons (Fsp3) is 0.265. The minimum absolute atomic E-state index is 0.310. The van der Waals surface area contributed by atoms with Gasteiger partial charge in [-0.25, -0.2) is 15.0 Å². The zero-order chi connectivity index (χ0) is 28.0. The summed E-state index contributed by atoms with van der Waals surface area (Å²) in [4.78, 5) is 13.9. The van der Waals surface area contributed by atoms with E-state index < -0.39 is 6.10 Å². The molecule has 0 unspecified atom stereocenters. The van der Waals surface area contributed by atoms with Crippen LogP contribution in [0, 0.1) is 6.92 Å². The lowest BCUT2D eigenvalue weighted by Gasteiger charge is -2.23. The lowest BCUT2D eigenvalue weighted by Crippen LogP contribution is -2.38. The fourth-order valence-electron chi connectivity index (χ4n) is 5.49. The van der Waals surface area contributed by atoms with Crippen LogP contribution in [0.25, 0.3) is 22.0 Å². The molecule has 1 fully saturated rings. The van der Waals surface area contributed by atoms with Crippen molar-refractivity contribution in [2.24, 2.45) is 0 Å². The monoisotopic (exact) mass is 545 g/mol. The smallest absolute Gasteiger partial charge is 0.228 e. The Balaban J connectivity index is 1.27. The molecule has 208 valence electrons. The second kappa shape index (κ2) is 12.5. The van der Waals surface area contributed by atoms with Crippen molar-refractivity contribution in [3.63, 3.8) is 0 Å². The fourth-order valence-corrected chi connectivity index (χ4v) is 5.49. The van der Waals surface area contributed by atoms with Crippen molar-refractivity contribution < 1.29 is 9.84 Å². The second-order valence-corrected chi connectivity index (χ2v) is 10.6. The molecule has 7 nitrogen and oxygen atoms in total. The van der Waals surface area contributed by atoms with Crippen LogP contribution in [-0.2, 0) is 6.42 Å². The van der Waals surface area contributed by atoms with Gasteiger partial charge in [-0.15, -0.1) is 0 Å². The SMILES string of the molecule is Cc1ccc2c(CC[C@H](O)c3ccccc3)cccc2c1Oc1ncccc1-c1ccnc(N[C@H]2CCCNC2)n1. The molecule has 1 aliphatic rings. The molecule has 6 rings (SSSR count). The van der Waals surface area contributed by atoms with Crippen molar-refractivity contribution in [3.8, 4) is 22.9 Å². The molecule has 41 heavy (non-hydrogen) atoms. The molecule has 0 radical (unpaired) electrons. The highest BCUT2D eigenvalue weighted by molar-refractivity contribution is 5.92. The molecule has 1 saturated heterocycles. The molecule has 3 aromatic carbocycles. The largest absolute Gasteiger partial charge is 0.437 e. The van der Waals surface area contributed by atoms with E-state index in [4.69, 9.17) is 9.72 Å². The summed E-state index contributed by atoms with van der Waals surface area (Å²) >= 11 is 0. The Labute approximate surface area is 240 Å². The third-order valence-corrected chi connectivity index (χ3v) is 7.70. The molecule has 0 aliphatic carbocycles. The van der Waals surface area contributed by atoms with E-state index in [0.717, 1.165) is 71.3 Å². The van der Waals surface area contributed by atoms with Crippen molar-refractivity contribution in [1.29, 1.82) is 0 Å². The van der Waals surface area contributed by atoms with Gasteiger partial charge in [0, 0.05) is 30.4 Å². The number of fused-ring (bicyclic) bond motifs is 1. The third-order valence-electron chi connectivity index (χ3n) is 7.70. The van der Waals surface area contributed by atoms with Gasteiger partial charge in [-0.2, -0.15) is 0 Å². The molecular formula is C34H35N5O2. The van der Waals surface area contributed by atoms with Crippen LogP contribution in [-0.4, -0.2) is 39.2 Å². The van der Waals surface area contributed by atoms with E-state index in [1.165, 1.54) is 5.56 Å². The number of aryl methyl sites for hydroxylation is 2. The zero-order valence-corrected chi connectivity index (χ0v) is 23.3. The highest BCUT2D eigenvalue weighted by atomic mass is 16.5. The molecule has 2 atom stereocenters. The number of hydrogen-bond acceptors (Lipinski definition) is 7. The Kier molecular flexibility index (Phi) is 8.16. The van der Waals surface area contributed by atoms with Gasteiger partial charge in [0.15, 0.2) is 0 Å². The van der Waals surface area contributed by atoms with Gasteiger partial charge in [0.25, 0.3) is 0 Å². The molecule has 3 N–H and O–H groups in total. The zero-order valence-electron chi connectivity index (χ0n) is 23.3. The first-order chi connectivity index (χ1) is 20.2. The summed E-state index contributed by atoms with van der Waals surface area (Å²) in [6, 6.07) is 26.4. The van der Waals surface area contributed by atoms with Crippen LogP contribution < -0.4 is 15.4 Å². The Morgan fingerprint density at radius 1 is 0.951 bits per heavy atom. The van der Waals surface area contributed by atoms with Gasteiger partial charge in [0.2, 0.25) is 11.8 Å². The quantitative estimate of drug-likeness (QED) is 0.192. The maximum absolute atomic E-state index is 10.7. The maximum atomic E-state index is 10.7. The number of ether oxygens (including phenoxy) is 1. The standard InChI is InChI=1S/C34H35N5O2/c1-23-14-16-27-24(15-17-31(40)25-8-3-2-4-9-25)10-5-12-28(27)32(23)41-33-29(13-7-20-36-33)30-18-21-37-34(39-30)38-26-11-6-19-35-22-26/h2-5,7-10,12-14,16,18,20-21,26,31,35,40H,6,11,15,17,19,22H2,1H3,(H,37,38,39)/t26-,31-/m0/s1. The molecule has 5 aromatic rings. The van der Waals surface area contributed by atoms with Crippen LogP contribution in [0.4, 0.5) is 5.95 Å². The second-order valence-electron chi connectivity index (χ2n) is 10.6. The first-order valence-corrected chi connectivity index (χ1v) is 14.3. The molecule has 0 spiro atoms. The van der Waals surface area contributed by atoms with Gasteiger partial charge in [-0.05, 0) is 79.4 Å². The summed E-state index contributed by atoms with van der Waals surface area (Å²) in [5, 5.41) is 19.8. The number of nitrogens with one attached hydrogen (secondary N) is 2. The maximum Gasteiger partial charge on any atom is 0.228 e. The summed E-state index contributed by atoms with van der Waals surface area (Å²) in [6.45, 7) is 4.01. The van der Waals surface area contributed by atoms with Crippen LogP contribution in [0.15, 0.2) is 91.3 Å². The lowest BCUT2D eigenvalue weighted by molar-refractivity contribution is 0.168. The first-order valence-electron chi connectivity index (χ1n) is 14.3. The minimum Gasteiger partial charge on any atom is -0.437 e. The molecule has 7 heteroatoms. The third kappa shape index (κ3) is 6.21. The van der Waals surface area contributed by atoms with Crippen LogP contribution in [0.5, 0.6) is 11.6 Å². The molecule has 2 aromatic heterocycles. The lowest BCUT2D eigenvalue weighted by atomic mass is 9.96. The van der Waals surface area contributed by atoms with E-state index in [2.05, 4.69) is 50.9 Å². The average molecular weight is 546 g/mol. The van der Waals surface area contributed by atoms with Crippen LogP contribution >= 0.6 is 0 Å². The summed E-state index contributed by atoms with van der Waals surface area (Å²) in [5.74, 6) is 1.88. The number of piperidine rings is 1. The number of aromatic nitrogens is 3. The number of aliphatic hydroxyl groups is 1. The summed E-state index contributed by atoms with van der Waals surface area (Å²) in [7, 11) is 0. The Morgan fingerprint density at radius 3 is 2.71 bits per heavy atom. The van der Waals surface area contributed by atoms with E-state index in [0.29, 0.717) is 24.3 Å². The van der Waals surface area contributed by atoms with Crippen molar-refractivity contribution in [3.05, 3.63) is 108 Å². The summed E-state index contributed by atoms with van der Waals surface area (Å²) in [6.07, 6.45) is 6.62. The Hall–Kier alpha value is -4.33.